The maximum atomic E-state index is 14.4. The summed E-state index contributed by atoms with van der Waals surface area (Å²) in [7, 11) is -3.91. The maximum absolute atomic E-state index is 14.4. The van der Waals surface area contributed by atoms with E-state index in [-0.39, 0.29) is 30.7 Å². The van der Waals surface area contributed by atoms with Crippen molar-refractivity contribution in [3.05, 3.63) is 66.6 Å². The van der Waals surface area contributed by atoms with Crippen LogP contribution in [0.5, 0.6) is 5.75 Å². The van der Waals surface area contributed by atoms with Crippen molar-refractivity contribution in [2.24, 2.45) is 5.92 Å². The fourth-order valence-corrected chi connectivity index (χ4v) is 9.06. The molecule has 1 aromatic carbocycles. The van der Waals surface area contributed by atoms with Crippen molar-refractivity contribution in [1.82, 2.24) is 30.2 Å². The molecule has 3 aromatic heterocycles. The summed E-state index contributed by atoms with van der Waals surface area (Å²) < 4.78 is 54.9. The van der Waals surface area contributed by atoms with Crippen LogP contribution in [-0.2, 0) is 29.2 Å². The number of rotatable bonds is 7. The van der Waals surface area contributed by atoms with Crippen molar-refractivity contribution in [2.45, 2.75) is 93.7 Å². The smallest absolute Gasteiger partial charge is 0.259 e. The number of hydrogen-bond donors (Lipinski definition) is 3. The quantitative estimate of drug-likeness (QED) is 0.231. The molecule has 3 fully saturated rings. The summed E-state index contributed by atoms with van der Waals surface area (Å²) in [6.45, 7) is 1.26. The molecule has 2 aliphatic carbocycles. The first kappa shape index (κ1) is 36.6. The van der Waals surface area contributed by atoms with Crippen LogP contribution in [0, 0.1) is 11.7 Å². The van der Waals surface area contributed by atoms with E-state index >= 15 is 0 Å². The third-order valence-electron chi connectivity index (χ3n) is 10.8. The molecule has 0 bridgehead atoms. The topological polar surface area (TPSA) is 190 Å². The largest absolute Gasteiger partial charge is 0.484 e. The fraction of sp³-hybridized carbons (Fsp3) is 0.436. The van der Waals surface area contributed by atoms with Gasteiger partial charge in [-0.15, -0.1) is 0 Å². The van der Waals surface area contributed by atoms with Crippen LogP contribution in [0.25, 0.3) is 33.5 Å². The molecule has 55 heavy (non-hydrogen) atoms. The number of nitrogens with zero attached hydrogens (tertiary/aromatic N) is 3. The highest BCUT2D eigenvalue weighted by Gasteiger charge is 2.62. The van der Waals surface area contributed by atoms with Gasteiger partial charge in [0.2, 0.25) is 33.5 Å². The molecule has 0 unspecified atom stereocenters. The van der Waals surface area contributed by atoms with Gasteiger partial charge >= 0.3 is 0 Å². The van der Waals surface area contributed by atoms with E-state index in [4.69, 9.17) is 14.1 Å². The number of nitrogens with one attached hydrogen (secondary N) is 3. The molecule has 8 rings (SSSR count). The van der Waals surface area contributed by atoms with E-state index in [9.17, 15) is 32.0 Å². The lowest BCUT2D eigenvalue weighted by atomic mass is 10.0. The van der Waals surface area contributed by atoms with Gasteiger partial charge in [-0.3, -0.25) is 23.9 Å². The Bertz CT molecular complexity index is 2340. The Morgan fingerprint density at radius 3 is 2.71 bits per heavy atom. The summed E-state index contributed by atoms with van der Waals surface area (Å²) in [4.78, 5) is 65.2. The second-order valence-corrected chi connectivity index (χ2v) is 16.9. The van der Waals surface area contributed by atoms with Crippen molar-refractivity contribution in [1.29, 1.82) is 0 Å². The molecule has 4 aromatic rings. The molecule has 5 atom stereocenters. The Morgan fingerprint density at radius 2 is 1.93 bits per heavy atom. The van der Waals surface area contributed by atoms with Crippen LogP contribution in [0.3, 0.4) is 0 Å². The highest BCUT2D eigenvalue weighted by atomic mass is 32.2. The summed E-state index contributed by atoms with van der Waals surface area (Å²) in [5.41, 5.74) is 0.344. The Morgan fingerprint density at radius 1 is 1.09 bits per heavy atom. The first-order chi connectivity index (χ1) is 26.4. The minimum atomic E-state index is -3.91. The van der Waals surface area contributed by atoms with E-state index in [1.54, 1.807) is 36.5 Å². The van der Waals surface area contributed by atoms with E-state index in [0.717, 1.165) is 12.8 Å². The van der Waals surface area contributed by atoms with E-state index in [1.165, 1.54) is 24.0 Å². The number of fused-ring (bicyclic) bond motifs is 5. The fourth-order valence-electron chi connectivity index (χ4n) is 7.70. The standard InChI is InChI=1S/C39H41FN6O8S/c1-22(47)42-29-13-6-4-2-3-5-10-24-20-39(24,38(50)45-55(51,52)27-14-15-27)44-35(48)31-18-26(21-46(31)37(29)49)53-32-19-30(23-9-7-11-25(40)17-23)43-33-28-12-8-16-41-36(28)54-34(32)33/h5,7-12,16-17,19,24,26-27,29,31H,2-4,6,13-15,18,20-21H2,1H3,(H,42,47)(H,44,48)(H,45,50)/b10-5-/t24-,26-,29+,31+,39-/m1/s1. The summed E-state index contributed by atoms with van der Waals surface area (Å²) in [6.07, 6.45) is 8.90. The number of halogens is 1. The lowest BCUT2D eigenvalue weighted by Gasteiger charge is -2.29. The molecule has 4 amide bonds. The molecule has 2 saturated carbocycles. The van der Waals surface area contributed by atoms with Crippen LogP contribution >= 0.6 is 0 Å². The van der Waals surface area contributed by atoms with Crippen LogP contribution in [0.1, 0.15) is 64.7 Å². The Kier molecular flexibility index (Phi) is 9.55. The van der Waals surface area contributed by atoms with Gasteiger partial charge in [0.15, 0.2) is 11.3 Å². The van der Waals surface area contributed by atoms with Gasteiger partial charge in [-0.25, -0.2) is 22.8 Å². The van der Waals surface area contributed by atoms with Crippen LogP contribution < -0.4 is 20.1 Å². The number of furan rings is 1. The molecule has 0 radical (unpaired) electrons. The number of ether oxygens (including phenoxy) is 1. The molecule has 16 heteroatoms. The predicted molar refractivity (Wildman–Crippen MR) is 198 cm³/mol. The SMILES string of the molecule is CC(=O)N[C@H]1CCCCC/C=C\[C@@H]2C[C@@]2(C(=O)NS(=O)(=O)C2CC2)NC(=O)[C@@H]2C[C@@H](Oc3cc(-c4cccc(F)c4)nc4c3oc3ncccc34)CN2C1=O. The first-order valence-electron chi connectivity index (χ1n) is 18.6. The molecule has 5 heterocycles. The maximum Gasteiger partial charge on any atom is 0.259 e. The third-order valence-corrected chi connectivity index (χ3v) is 12.6. The minimum Gasteiger partial charge on any atom is -0.484 e. The summed E-state index contributed by atoms with van der Waals surface area (Å²) >= 11 is 0. The van der Waals surface area contributed by atoms with Gasteiger partial charge in [0, 0.05) is 37.1 Å². The second-order valence-electron chi connectivity index (χ2n) is 14.9. The molecule has 288 valence electrons. The highest BCUT2D eigenvalue weighted by Crippen LogP contribution is 2.46. The van der Waals surface area contributed by atoms with Gasteiger partial charge < -0.3 is 24.7 Å². The summed E-state index contributed by atoms with van der Waals surface area (Å²) in [5.74, 6) is -3.02. The number of carbonyl (C=O) groups excluding carboxylic acids is 4. The average Bonchev–Trinajstić information content (AvgIpc) is 4.05. The molecule has 14 nitrogen and oxygen atoms in total. The Labute approximate surface area is 316 Å². The van der Waals surface area contributed by atoms with Crippen molar-refractivity contribution in [3.63, 3.8) is 0 Å². The number of carbonyl (C=O) groups is 4. The molecule has 0 spiro atoms. The van der Waals surface area contributed by atoms with Crippen molar-refractivity contribution in [2.75, 3.05) is 6.54 Å². The number of aromatic nitrogens is 2. The van der Waals surface area contributed by atoms with Gasteiger partial charge in [0.05, 0.1) is 22.9 Å². The lowest BCUT2D eigenvalue weighted by molar-refractivity contribution is -0.142. The summed E-state index contributed by atoms with van der Waals surface area (Å²) in [5, 5.41) is 5.58. The van der Waals surface area contributed by atoms with Gasteiger partial charge in [-0.1, -0.05) is 37.1 Å². The second kappa shape index (κ2) is 14.4. The number of hydrogen-bond acceptors (Lipinski definition) is 10. The van der Waals surface area contributed by atoms with E-state index in [0.29, 0.717) is 60.0 Å². The molecular formula is C39H41FN6O8S. The van der Waals surface area contributed by atoms with Crippen LogP contribution in [0.2, 0.25) is 0 Å². The number of amides is 4. The van der Waals surface area contributed by atoms with Gasteiger partial charge in [0.25, 0.3) is 5.91 Å². The van der Waals surface area contributed by atoms with Crippen LogP contribution in [0.4, 0.5) is 4.39 Å². The minimum absolute atomic E-state index is 0.0134. The van der Waals surface area contributed by atoms with Gasteiger partial charge in [0.1, 0.15) is 35.1 Å². The summed E-state index contributed by atoms with van der Waals surface area (Å²) in [6, 6.07) is 9.02. The first-order valence-corrected chi connectivity index (χ1v) is 20.2. The third kappa shape index (κ3) is 7.39. The molecule has 3 N–H and O–H groups in total. The number of sulfonamides is 1. The zero-order valence-corrected chi connectivity index (χ0v) is 30.9. The molecular weight excluding hydrogens is 732 g/mol. The highest BCUT2D eigenvalue weighted by molar-refractivity contribution is 7.91. The Balaban J connectivity index is 1.15. The van der Waals surface area contributed by atoms with Crippen LogP contribution in [-0.4, -0.2) is 82.4 Å². The van der Waals surface area contributed by atoms with E-state index < -0.39 is 74.4 Å². The lowest BCUT2D eigenvalue weighted by Crippen LogP contribution is -2.58. The van der Waals surface area contributed by atoms with Crippen molar-refractivity contribution >= 4 is 55.9 Å². The predicted octanol–water partition coefficient (Wildman–Crippen LogP) is 4.04. The normalized spacial score (nSPS) is 26.6. The number of pyridine rings is 2. The van der Waals surface area contributed by atoms with Crippen molar-refractivity contribution < 1.29 is 41.1 Å². The van der Waals surface area contributed by atoms with E-state index in [1.807, 2.05) is 12.2 Å². The molecule has 4 aliphatic rings. The van der Waals surface area contributed by atoms with Crippen molar-refractivity contribution in [3.8, 4) is 17.0 Å². The molecule has 1 saturated heterocycles. The molecule has 2 aliphatic heterocycles. The van der Waals surface area contributed by atoms with Crippen LogP contribution in [0.15, 0.2) is 65.2 Å². The van der Waals surface area contributed by atoms with Gasteiger partial charge in [-0.2, -0.15) is 0 Å². The zero-order valence-electron chi connectivity index (χ0n) is 30.1. The number of allylic oxidation sites excluding steroid dienone is 1. The Hall–Kier alpha value is -5.38. The van der Waals surface area contributed by atoms with Gasteiger partial charge in [-0.05, 0) is 62.8 Å². The number of benzene rings is 1. The monoisotopic (exact) mass is 772 g/mol. The average molecular weight is 773 g/mol. The van der Waals surface area contributed by atoms with E-state index in [2.05, 4.69) is 20.3 Å². The zero-order chi connectivity index (χ0) is 38.5.